The summed E-state index contributed by atoms with van der Waals surface area (Å²) in [5.41, 5.74) is 0.810. The molecule has 1 aliphatic heterocycles. The molecular formula is C18H23N5O2. The van der Waals surface area contributed by atoms with Crippen LogP contribution in [0.5, 0.6) is 5.75 Å². The number of benzene rings is 1. The summed E-state index contributed by atoms with van der Waals surface area (Å²) in [5, 5.41) is 14.3. The van der Waals surface area contributed by atoms with Gasteiger partial charge in [0.05, 0.1) is 19.3 Å². The molecule has 2 N–H and O–H groups in total. The zero-order valence-corrected chi connectivity index (χ0v) is 14.3. The number of piperidine rings is 1. The number of anilines is 2. The van der Waals surface area contributed by atoms with Gasteiger partial charge >= 0.3 is 0 Å². The number of ether oxygens (including phenoxy) is 1. The lowest BCUT2D eigenvalue weighted by Crippen LogP contribution is -2.49. The fourth-order valence-electron chi connectivity index (χ4n) is 3.01. The van der Waals surface area contributed by atoms with E-state index in [1.165, 1.54) is 0 Å². The van der Waals surface area contributed by atoms with Crippen LogP contribution in [0.25, 0.3) is 0 Å². The average molecular weight is 341 g/mol. The van der Waals surface area contributed by atoms with Gasteiger partial charge in [-0.2, -0.15) is 5.10 Å². The van der Waals surface area contributed by atoms with Gasteiger partial charge in [0, 0.05) is 25.3 Å². The second kappa shape index (κ2) is 8.32. The molecule has 25 heavy (non-hydrogen) atoms. The van der Waals surface area contributed by atoms with Crippen molar-refractivity contribution in [1.29, 1.82) is 0 Å². The molecule has 0 radical (unpaired) electrons. The van der Waals surface area contributed by atoms with Crippen LogP contribution >= 0.6 is 0 Å². The summed E-state index contributed by atoms with van der Waals surface area (Å²) in [4.78, 5) is 14.4. The molecule has 1 aliphatic rings. The number of nitrogens with zero attached hydrogens (tertiary/aromatic N) is 3. The Labute approximate surface area is 147 Å². The minimum Gasteiger partial charge on any atom is -0.495 e. The summed E-state index contributed by atoms with van der Waals surface area (Å²) in [7, 11) is 1.61. The lowest BCUT2D eigenvalue weighted by molar-refractivity contribution is -0.120. The van der Waals surface area contributed by atoms with E-state index in [0.717, 1.165) is 43.2 Å². The number of amides is 1. The first-order valence-electron chi connectivity index (χ1n) is 8.45. The van der Waals surface area contributed by atoms with Crippen molar-refractivity contribution in [3.8, 4) is 5.75 Å². The topological polar surface area (TPSA) is 79.4 Å². The monoisotopic (exact) mass is 341 g/mol. The molecule has 0 aliphatic carbocycles. The number of para-hydroxylation sites is 2. The van der Waals surface area contributed by atoms with Crippen molar-refractivity contribution < 1.29 is 9.53 Å². The predicted octanol–water partition coefficient (Wildman–Crippen LogP) is 1.68. The molecule has 3 rings (SSSR count). The molecule has 1 unspecified atom stereocenters. The summed E-state index contributed by atoms with van der Waals surface area (Å²) in [6.07, 6.45) is 3.65. The molecule has 0 saturated carbocycles. The predicted molar refractivity (Wildman–Crippen MR) is 96.9 cm³/mol. The fraction of sp³-hybridized carbons (Fsp3) is 0.389. The number of hydrogen-bond donors (Lipinski definition) is 2. The molecule has 0 spiro atoms. The van der Waals surface area contributed by atoms with Gasteiger partial charge in [-0.25, -0.2) is 0 Å². The van der Waals surface area contributed by atoms with Crippen molar-refractivity contribution >= 4 is 17.4 Å². The number of aromatic nitrogens is 2. The maximum Gasteiger partial charge on any atom is 0.239 e. The van der Waals surface area contributed by atoms with Crippen molar-refractivity contribution in [3.63, 3.8) is 0 Å². The molecule has 1 amide bonds. The van der Waals surface area contributed by atoms with Gasteiger partial charge in [0.25, 0.3) is 0 Å². The number of hydrogen-bond acceptors (Lipinski definition) is 6. The Morgan fingerprint density at radius 1 is 1.32 bits per heavy atom. The SMILES string of the molecule is COc1ccccc1NCC(=O)NC1CCCN(c2cccnn2)C1. The lowest BCUT2D eigenvalue weighted by atomic mass is 10.1. The fourth-order valence-corrected chi connectivity index (χ4v) is 3.01. The van der Waals surface area contributed by atoms with Gasteiger partial charge in [-0.1, -0.05) is 12.1 Å². The molecule has 0 bridgehead atoms. The van der Waals surface area contributed by atoms with Crippen molar-refractivity contribution in [2.24, 2.45) is 0 Å². The first-order chi connectivity index (χ1) is 12.3. The van der Waals surface area contributed by atoms with E-state index < -0.39 is 0 Å². The molecule has 1 fully saturated rings. The lowest BCUT2D eigenvalue weighted by Gasteiger charge is -2.33. The van der Waals surface area contributed by atoms with Crippen LogP contribution in [0.4, 0.5) is 11.5 Å². The van der Waals surface area contributed by atoms with Crippen molar-refractivity contribution in [2.75, 3.05) is 37.0 Å². The van der Waals surface area contributed by atoms with Crippen LogP contribution in [0.2, 0.25) is 0 Å². The zero-order valence-electron chi connectivity index (χ0n) is 14.3. The van der Waals surface area contributed by atoms with E-state index in [0.29, 0.717) is 0 Å². The van der Waals surface area contributed by atoms with Gasteiger partial charge in [-0.15, -0.1) is 5.10 Å². The third-order valence-corrected chi connectivity index (χ3v) is 4.22. The van der Waals surface area contributed by atoms with Gasteiger partial charge in [-0.05, 0) is 37.1 Å². The number of carbonyl (C=O) groups is 1. The summed E-state index contributed by atoms with van der Waals surface area (Å²) in [5.74, 6) is 1.55. The van der Waals surface area contributed by atoms with Crippen molar-refractivity contribution in [1.82, 2.24) is 15.5 Å². The Bertz CT molecular complexity index is 695. The molecular weight excluding hydrogens is 318 g/mol. The second-order valence-corrected chi connectivity index (χ2v) is 5.99. The van der Waals surface area contributed by atoms with Crippen LogP contribution < -0.4 is 20.3 Å². The van der Waals surface area contributed by atoms with Gasteiger partial charge < -0.3 is 20.3 Å². The Balaban J connectivity index is 1.51. The maximum absolute atomic E-state index is 12.3. The van der Waals surface area contributed by atoms with E-state index in [4.69, 9.17) is 4.74 Å². The van der Waals surface area contributed by atoms with E-state index in [9.17, 15) is 4.79 Å². The highest BCUT2D eigenvalue weighted by atomic mass is 16.5. The molecule has 1 aromatic carbocycles. The molecule has 2 aromatic rings. The highest BCUT2D eigenvalue weighted by Crippen LogP contribution is 2.22. The molecule has 1 atom stereocenters. The summed E-state index contributed by atoms with van der Waals surface area (Å²) in [6.45, 7) is 1.89. The number of rotatable bonds is 6. The Morgan fingerprint density at radius 3 is 3.00 bits per heavy atom. The van der Waals surface area contributed by atoms with E-state index in [1.54, 1.807) is 13.3 Å². The number of nitrogens with one attached hydrogen (secondary N) is 2. The van der Waals surface area contributed by atoms with Gasteiger partial charge in [0.1, 0.15) is 5.75 Å². The number of methoxy groups -OCH3 is 1. The molecule has 7 heteroatoms. The van der Waals surface area contributed by atoms with Crippen LogP contribution in [0, 0.1) is 0 Å². The van der Waals surface area contributed by atoms with Crippen LogP contribution in [0.3, 0.4) is 0 Å². The van der Waals surface area contributed by atoms with Gasteiger partial charge in [-0.3, -0.25) is 4.79 Å². The number of carbonyl (C=O) groups excluding carboxylic acids is 1. The molecule has 132 valence electrons. The molecule has 1 saturated heterocycles. The van der Waals surface area contributed by atoms with E-state index in [1.807, 2.05) is 36.4 Å². The third-order valence-electron chi connectivity index (χ3n) is 4.22. The van der Waals surface area contributed by atoms with Gasteiger partial charge in [0.2, 0.25) is 5.91 Å². The normalized spacial score (nSPS) is 17.0. The minimum atomic E-state index is -0.0306. The molecule has 1 aromatic heterocycles. The Kier molecular flexibility index (Phi) is 5.66. The van der Waals surface area contributed by atoms with Crippen molar-refractivity contribution in [2.45, 2.75) is 18.9 Å². The summed E-state index contributed by atoms with van der Waals surface area (Å²) >= 11 is 0. The molecule has 2 heterocycles. The Hall–Kier alpha value is -2.83. The Morgan fingerprint density at radius 2 is 2.20 bits per heavy atom. The van der Waals surface area contributed by atoms with Crippen LogP contribution in [0.15, 0.2) is 42.6 Å². The van der Waals surface area contributed by atoms with Gasteiger partial charge in [0.15, 0.2) is 5.82 Å². The summed E-state index contributed by atoms with van der Waals surface area (Å²) in [6, 6.07) is 11.5. The van der Waals surface area contributed by atoms with Crippen LogP contribution in [-0.4, -0.2) is 48.9 Å². The highest BCUT2D eigenvalue weighted by molar-refractivity contribution is 5.81. The summed E-state index contributed by atoms with van der Waals surface area (Å²) < 4.78 is 5.28. The highest BCUT2D eigenvalue weighted by Gasteiger charge is 2.22. The largest absolute Gasteiger partial charge is 0.495 e. The maximum atomic E-state index is 12.3. The molecule has 7 nitrogen and oxygen atoms in total. The van der Waals surface area contributed by atoms with E-state index in [2.05, 4.69) is 25.7 Å². The third kappa shape index (κ3) is 4.59. The van der Waals surface area contributed by atoms with E-state index >= 15 is 0 Å². The van der Waals surface area contributed by atoms with Crippen LogP contribution in [0.1, 0.15) is 12.8 Å². The average Bonchev–Trinajstić information content (AvgIpc) is 2.67. The smallest absolute Gasteiger partial charge is 0.239 e. The minimum absolute atomic E-state index is 0.0306. The van der Waals surface area contributed by atoms with E-state index in [-0.39, 0.29) is 18.5 Å². The first kappa shape index (κ1) is 17.0. The standard InChI is InChI=1S/C18H23N5O2/c1-25-16-8-3-2-7-15(16)19-12-18(24)21-14-6-5-11-23(13-14)17-9-4-10-20-22-17/h2-4,7-10,14,19H,5-6,11-13H2,1H3,(H,21,24). The quantitative estimate of drug-likeness (QED) is 0.832. The van der Waals surface area contributed by atoms with Crippen molar-refractivity contribution in [3.05, 3.63) is 42.6 Å². The van der Waals surface area contributed by atoms with Crippen LogP contribution in [-0.2, 0) is 4.79 Å². The zero-order chi connectivity index (χ0) is 17.5. The second-order valence-electron chi connectivity index (χ2n) is 5.99. The first-order valence-corrected chi connectivity index (χ1v) is 8.45.